The molecule has 3 heterocycles. The van der Waals surface area contributed by atoms with Crippen LogP contribution in [0.2, 0.25) is 0 Å². The number of ether oxygens (including phenoxy) is 2. The summed E-state index contributed by atoms with van der Waals surface area (Å²) in [6.45, 7) is 4.48. The van der Waals surface area contributed by atoms with E-state index in [1.165, 1.54) is 12.1 Å². The van der Waals surface area contributed by atoms with Gasteiger partial charge in [-0.15, -0.1) is 0 Å². The van der Waals surface area contributed by atoms with E-state index in [9.17, 15) is 40.6 Å². The minimum Gasteiger partial charge on any atom is -0.377 e. The zero-order valence-electron chi connectivity index (χ0n) is 40.1. The maximum absolute atomic E-state index is 14.6. The number of hydrogen-bond donors (Lipinski definition) is 5. The lowest BCUT2D eigenvalue weighted by Gasteiger charge is -2.24. The molecule has 3 aromatic carbocycles. The summed E-state index contributed by atoms with van der Waals surface area (Å²) in [5.41, 5.74) is 2.55. The van der Waals surface area contributed by atoms with E-state index in [4.69, 9.17) is 9.47 Å². The molecule has 2 aliphatic heterocycles. The van der Waals surface area contributed by atoms with Crippen molar-refractivity contribution in [3.63, 3.8) is 0 Å². The summed E-state index contributed by atoms with van der Waals surface area (Å²) in [5, 5.41) is 13.3. The molecule has 5 amide bonds. The highest BCUT2D eigenvalue weighted by Gasteiger charge is 2.42. The summed E-state index contributed by atoms with van der Waals surface area (Å²) in [7, 11) is -8.83. The monoisotopic (exact) mass is 1030 g/mol. The molecule has 4 aromatic rings. The Bertz CT molecular complexity index is 2560. The minimum atomic E-state index is -4.42. The largest absolute Gasteiger partial charge is 0.377 e. The summed E-state index contributed by atoms with van der Waals surface area (Å²) in [5.74, 6) is -0.537. The van der Waals surface area contributed by atoms with Crippen molar-refractivity contribution in [3.05, 3.63) is 83.9 Å². The molecule has 0 saturated carbocycles. The first-order chi connectivity index (χ1) is 33.7. The Hall–Kier alpha value is -4.86. The number of sulfonamides is 1. The van der Waals surface area contributed by atoms with Gasteiger partial charge >= 0.3 is 6.03 Å². The van der Waals surface area contributed by atoms with E-state index in [0.717, 1.165) is 90.9 Å². The normalized spacial score (nSPS) is 16.8. The number of urea groups is 1. The second-order valence-electron chi connectivity index (χ2n) is 17.9. The van der Waals surface area contributed by atoms with Gasteiger partial charge in [-0.1, -0.05) is 74.1 Å². The molecule has 2 aliphatic rings. The van der Waals surface area contributed by atoms with Crippen LogP contribution in [0.5, 0.6) is 0 Å². The fourth-order valence-corrected chi connectivity index (χ4v) is 12.5. The van der Waals surface area contributed by atoms with Crippen molar-refractivity contribution in [1.29, 1.82) is 0 Å². The molecule has 0 unspecified atom stereocenters. The van der Waals surface area contributed by atoms with E-state index in [0.29, 0.717) is 74.9 Å². The molecule has 6 rings (SSSR count). The number of unbranched alkanes of at least 4 members (excludes halogenated alkanes) is 7. The molecule has 3 atom stereocenters. The third kappa shape index (κ3) is 16.1. The van der Waals surface area contributed by atoms with E-state index in [1.807, 2.05) is 43.0 Å². The van der Waals surface area contributed by atoms with Gasteiger partial charge in [0.25, 0.3) is 26.0 Å². The van der Waals surface area contributed by atoms with Gasteiger partial charge in [0.05, 0.1) is 65.5 Å². The maximum Gasteiger partial charge on any atom is 0.315 e. The number of thioether (sulfide) groups is 1. The summed E-state index contributed by atoms with van der Waals surface area (Å²) in [6.07, 6.45) is 10.1. The third-order valence-corrected chi connectivity index (χ3v) is 16.7. The van der Waals surface area contributed by atoms with Gasteiger partial charge in [-0.05, 0) is 63.3 Å². The lowest BCUT2D eigenvalue weighted by Crippen LogP contribution is -2.40. The Labute approximate surface area is 416 Å². The molecule has 382 valence electrons. The average Bonchev–Trinajstić information content (AvgIpc) is 3.89. The standard InChI is InChI=1S/C50H68N6O11S3/c1-37-23-25-38(26-24-37)70(64,65)56(30-15-35-69(61,62)63)49(59)47-39-16-8-10-18-42(39)55(43-19-11-9-17-40(43)47)29-14-6-4-2-3-5-7-21-45(57)51-27-31-66-33-34-67-32-28-52-46(58)22-13-12-20-44-48-41(36-68-44)53-50(60)54-48/h8-11,16-19,23-26,41,44,48H,2-7,12-15,20-22,27-36H2,1H3,(H4-,51,52,53,54,57,58,60,61,62,63)/p+1/t41-,44-,48-/m0/s1. The van der Waals surface area contributed by atoms with Crippen molar-refractivity contribution >= 4 is 77.5 Å². The molecular formula is C50H69N6O11S3+. The molecule has 0 aliphatic carbocycles. The summed E-state index contributed by atoms with van der Waals surface area (Å²) >= 11 is 1.89. The number of benzene rings is 3. The van der Waals surface area contributed by atoms with Crippen LogP contribution >= 0.6 is 11.8 Å². The quantitative estimate of drug-likeness (QED) is 0.0132. The van der Waals surface area contributed by atoms with E-state index < -0.39 is 38.3 Å². The molecule has 5 N–H and O–H groups in total. The molecule has 1 aromatic heterocycles. The van der Waals surface area contributed by atoms with Crippen LogP contribution < -0.4 is 25.8 Å². The Morgan fingerprint density at radius 2 is 1.29 bits per heavy atom. The fraction of sp³-hybridized carbons (Fsp3) is 0.540. The number of nitrogens with zero attached hydrogens (tertiary/aromatic N) is 2. The fourth-order valence-electron chi connectivity index (χ4n) is 9.01. The topological polar surface area (TPSA) is 230 Å². The van der Waals surface area contributed by atoms with E-state index in [2.05, 4.69) is 25.8 Å². The van der Waals surface area contributed by atoms with Gasteiger partial charge in [-0.2, -0.15) is 24.7 Å². The van der Waals surface area contributed by atoms with E-state index >= 15 is 0 Å². The number of amides is 5. The molecule has 17 nitrogen and oxygen atoms in total. The van der Waals surface area contributed by atoms with Crippen molar-refractivity contribution in [1.82, 2.24) is 25.6 Å². The van der Waals surface area contributed by atoms with Gasteiger partial charge in [-0.3, -0.25) is 18.9 Å². The number of aryl methyl sites for hydroxylation is 2. The Kier molecular flexibility index (Phi) is 21.1. The molecule has 20 heteroatoms. The number of fused-ring (bicyclic) bond motifs is 3. The van der Waals surface area contributed by atoms with Crippen LogP contribution in [0.15, 0.2) is 77.7 Å². The van der Waals surface area contributed by atoms with Gasteiger partial charge in [0.1, 0.15) is 6.54 Å². The van der Waals surface area contributed by atoms with Gasteiger partial charge in [0, 0.05) is 62.0 Å². The van der Waals surface area contributed by atoms with Crippen LogP contribution in [-0.4, -0.2) is 124 Å². The Morgan fingerprint density at radius 3 is 1.89 bits per heavy atom. The summed E-state index contributed by atoms with van der Waals surface area (Å²) < 4.78 is 74.8. The molecule has 0 radical (unpaired) electrons. The number of aromatic nitrogens is 1. The smallest absolute Gasteiger partial charge is 0.315 e. The number of nitrogens with one attached hydrogen (secondary N) is 4. The Balaban J connectivity index is 0.838. The van der Waals surface area contributed by atoms with Crippen molar-refractivity contribution in [3.8, 4) is 0 Å². The summed E-state index contributed by atoms with van der Waals surface area (Å²) in [4.78, 5) is 50.6. The highest BCUT2D eigenvalue weighted by atomic mass is 32.2. The van der Waals surface area contributed by atoms with Gasteiger partial charge < -0.3 is 30.7 Å². The van der Waals surface area contributed by atoms with Crippen LogP contribution in [-0.2, 0) is 45.7 Å². The highest BCUT2D eigenvalue weighted by Crippen LogP contribution is 2.33. The Morgan fingerprint density at radius 1 is 0.729 bits per heavy atom. The van der Waals surface area contributed by atoms with Gasteiger partial charge in [0.2, 0.25) is 22.8 Å². The van der Waals surface area contributed by atoms with Crippen molar-refractivity contribution in [2.75, 3.05) is 57.6 Å². The number of para-hydroxylation sites is 2. The second kappa shape index (κ2) is 27.1. The molecule has 0 bridgehead atoms. The molecule has 2 saturated heterocycles. The van der Waals surface area contributed by atoms with Crippen LogP contribution in [0.25, 0.3) is 21.8 Å². The van der Waals surface area contributed by atoms with E-state index in [1.54, 1.807) is 36.4 Å². The molecular weight excluding hydrogens is 957 g/mol. The van der Waals surface area contributed by atoms with Crippen molar-refractivity contribution in [2.24, 2.45) is 0 Å². The predicted molar refractivity (Wildman–Crippen MR) is 271 cm³/mol. The van der Waals surface area contributed by atoms with Gasteiger partial charge in [-0.25, -0.2) is 17.5 Å². The molecule has 2 fully saturated rings. The number of rotatable bonds is 31. The zero-order valence-corrected chi connectivity index (χ0v) is 42.5. The SMILES string of the molecule is Cc1ccc(S(=O)(=O)N(CCCS(=O)(=O)O)C(=O)c2c3ccccc3[n+](CCCCCCCCCC(=O)NCCOCCOCCNC(=O)CCCC[C@@H]3SC[C@@H]4NC(=O)N[C@@H]43)c3ccccc23)cc1. The first-order valence-electron chi connectivity index (χ1n) is 24.5. The minimum absolute atomic E-state index is 0.00297. The number of carbonyl (C=O) groups excluding carboxylic acids is 4. The van der Waals surface area contributed by atoms with Crippen molar-refractivity contribution in [2.45, 2.75) is 119 Å². The first-order valence-corrected chi connectivity index (χ1v) is 28.6. The number of carbonyl (C=O) groups is 4. The molecule has 0 spiro atoms. The van der Waals surface area contributed by atoms with E-state index in [-0.39, 0.29) is 46.8 Å². The van der Waals surface area contributed by atoms with Crippen molar-refractivity contribution < 1.29 is 54.6 Å². The average molecular weight is 1030 g/mol. The molecule has 70 heavy (non-hydrogen) atoms. The lowest BCUT2D eigenvalue weighted by atomic mass is 10.0. The van der Waals surface area contributed by atoms with Crippen LogP contribution in [0, 0.1) is 6.92 Å². The third-order valence-electron chi connectivity index (χ3n) is 12.6. The zero-order chi connectivity index (χ0) is 49.9. The predicted octanol–water partition coefficient (Wildman–Crippen LogP) is 5.81. The first kappa shape index (κ1) is 54.5. The van der Waals surface area contributed by atoms with Crippen LogP contribution in [0.4, 0.5) is 4.79 Å². The van der Waals surface area contributed by atoms with Crippen LogP contribution in [0.3, 0.4) is 0 Å². The summed E-state index contributed by atoms with van der Waals surface area (Å²) in [6, 6.07) is 21.2. The van der Waals surface area contributed by atoms with Gasteiger partial charge in [0.15, 0.2) is 0 Å². The lowest BCUT2D eigenvalue weighted by molar-refractivity contribution is -0.645. The van der Waals surface area contributed by atoms with Crippen LogP contribution in [0.1, 0.15) is 99.4 Å². The second-order valence-corrected chi connectivity index (χ2v) is 22.6. The highest BCUT2D eigenvalue weighted by molar-refractivity contribution is 8.00. The number of hydrogen-bond acceptors (Lipinski definition) is 11. The maximum atomic E-state index is 14.6. The number of pyridine rings is 1.